The van der Waals surface area contributed by atoms with Crippen LogP contribution < -0.4 is 5.32 Å². The molecule has 0 saturated carbocycles. The first kappa shape index (κ1) is 63.6. The molecule has 6 N–H and O–H groups in total. The average molecular weight is 962 g/mol. The smallest absolute Gasteiger partial charge is 0.305 e. The standard InChI is InChI=1S/C57H103NO10/c1-3-5-7-9-11-13-15-20-23-27-31-35-39-43-50(60)49(48-67-57-56(65)55(64)54(63)51(47-59)68-57)58-52(61)44-40-36-32-28-24-21-18-17-19-22-26-30-34-38-42-46-66-53(62)45-41-37-33-29-25-16-14-12-10-8-6-4-2/h12,14,17,19,22,26,39,43,49-51,54-57,59-60,63-65H,3-11,13,15-16,18,20-21,23-25,27-38,40-42,44-48H2,1-2H3,(H,58,61)/b14-12-,19-17-,26-22-,43-39+. The molecule has 0 radical (unpaired) electrons. The molecule has 0 aromatic rings. The van der Waals surface area contributed by atoms with E-state index in [1.807, 2.05) is 6.08 Å². The molecule has 0 bridgehead atoms. The number of carbonyl (C=O) groups excluding carboxylic acids is 2. The summed E-state index contributed by atoms with van der Waals surface area (Å²) in [7, 11) is 0. The minimum absolute atomic E-state index is 0.0517. The van der Waals surface area contributed by atoms with Crippen molar-refractivity contribution in [3.05, 3.63) is 48.6 Å². The summed E-state index contributed by atoms with van der Waals surface area (Å²) < 4.78 is 16.6. The fourth-order valence-electron chi connectivity index (χ4n) is 8.42. The van der Waals surface area contributed by atoms with Crippen molar-refractivity contribution in [2.45, 2.75) is 281 Å². The van der Waals surface area contributed by atoms with Gasteiger partial charge in [0, 0.05) is 12.8 Å². The van der Waals surface area contributed by atoms with E-state index >= 15 is 0 Å². The van der Waals surface area contributed by atoms with Crippen LogP contribution in [0.4, 0.5) is 0 Å². The van der Waals surface area contributed by atoms with E-state index in [1.54, 1.807) is 6.08 Å². The highest BCUT2D eigenvalue weighted by atomic mass is 16.7. The highest BCUT2D eigenvalue weighted by molar-refractivity contribution is 5.76. The Labute approximate surface area is 415 Å². The second kappa shape index (κ2) is 47.0. The third-order valence-electron chi connectivity index (χ3n) is 12.9. The minimum Gasteiger partial charge on any atom is -0.466 e. The largest absolute Gasteiger partial charge is 0.466 e. The van der Waals surface area contributed by atoms with E-state index < -0.39 is 49.5 Å². The summed E-state index contributed by atoms with van der Waals surface area (Å²) in [5, 5.41) is 54.3. The molecule has 1 rings (SSSR count). The van der Waals surface area contributed by atoms with Gasteiger partial charge in [0.1, 0.15) is 24.4 Å². The van der Waals surface area contributed by atoms with Crippen LogP contribution in [0.25, 0.3) is 0 Å². The van der Waals surface area contributed by atoms with Gasteiger partial charge in [0.05, 0.1) is 32.0 Å². The van der Waals surface area contributed by atoms with E-state index in [1.165, 1.54) is 109 Å². The zero-order valence-electron chi connectivity index (χ0n) is 43.3. The number of hydrogen-bond acceptors (Lipinski definition) is 10. The molecule has 11 heteroatoms. The molecule has 68 heavy (non-hydrogen) atoms. The Balaban J connectivity index is 2.19. The van der Waals surface area contributed by atoms with Crippen molar-refractivity contribution in [2.24, 2.45) is 0 Å². The predicted octanol–water partition coefficient (Wildman–Crippen LogP) is 12.1. The fraction of sp³-hybridized carbons (Fsp3) is 0.825. The monoisotopic (exact) mass is 962 g/mol. The Morgan fingerprint density at radius 2 is 0.985 bits per heavy atom. The summed E-state index contributed by atoms with van der Waals surface area (Å²) >= 11 is 0. The normalized spacial score (nSPS) is 19.8. The SMILES string of the molecule is CCCCC/C=C\CCCCCCCC(=O)OCCCCC/C=C\C=C/CCCCCCCCC(=O)NC(COC1OC(CO)C(O)C(O)C1O)C(O)/C=C/CCCCCCCCCCCCC. The second-order valence-corrected chi connectivity index (χ2v) is 19.3. The van der Waals surface area contributed by atoms with E-state index in [9.17, 15) is 35.1 Å². The van der Waals surface area contributed by atoms with Gasteiger partial charge in [-0.2, -0.15) is 0 Å². The average Bonchev–Trinajstić information content (AvgIpc) is 3.33. The lowest BCUT2D eigenvalue weighted by molar-refractivity contribution is -0.302. The van der Waals surface area contributed by atoms with Gasteiger partial charge >= 0.3 is 5.97 Å². The van der Waals surface area contributed by atoms with Crippen molar-refractivity contribution in [3.63, 3.8) is 0 Å². The Bertz CT molecular complexity index is 1270. The van der Waals surface area contributed by atoms with E-state index in [4.69, 9.17) is 14.2 Å². The molecular weight excluding hydrogens is 859 g/mol. The maximum absolute atomic E-state index is 13.0. The molecule has 7 atom stereocenters. The van der Waals surface area contributed by atoms with Crippen LogP contribution in [-0.2, 0) is 23.8 Å². The summed E-state index contributed by atoms with van der Waals surface area (Å²) in [6.07, 6.45) is 47.5. The van der Waals surface area contributed by atoms with Crippen LogP contribution in [-0.4, -0.2) is 100 Å². The number of aliphatic hydroxyl groups excluding tert-OH is 5. The first-order chi connectivity index (χ1) is 33.2. The Morgan fingerprint density at radius 3 is 1.53 bits per heavy atom. The number of carbonyl (C=O) groups is 2. The van der Waals surface area contributed by atoms with E-state index in [0.717, 1.165) is 103 Å². The molecule has 7 unspecified atom stereocenters. The molecule has 1 fully saturated rings. The maximum atomic E-state index is 13.0. The van der Waals surface area contributed by atoms with Crippen LogP contribution in [0.5, 0.6) is 0 Å². The molecule has 396 valence electrons. The van der Waals surface area contributed by atoms with Gasteiger partial charge in [-0.25, -0.2) is 0 Å². The van der Waals surface area contributed by atoms with Crippen molar-refractivity contribution >= 4 is 11.9 Å². The minimum atomic E-state index is -1.58. The third kappa shape index (κ3) is 36.5. The molecule has 1 aliphatic heterocycles. The first-order valence-electron chi connectivity index (χ1n) is 27.9. The van der Waals surface area contributed by atoms with Crippen molar-refractivity contribution in [2.75, 3.05) is 19.8 Å². The van der Waals surface area contributed by atoms with Crippen LogP contribution >= 0.6 is 0 Å². The van der Waals surface area contributed by atoms with Gasteiger partial charge in [-0.05, 0) is 89.9 Å². The van der Waals surface area contributed by atoms with Crippen molar-refractivity contribution in [1.82, 2.24) is 5.32 Å². The number of rotatable bonds is 47. The number of hydrogen-bond donors (Lipinski definition) is 6. The zero-order valence-corrected chi connectivity index (χ0v) is 43.3. The van der Waals surface area contributed by atoms with Gasteiger partial charge in [-0.15, -0.1) is 0 Å². The highest BCUT2D eigenvalue weighted by Gasteiger charge is 2.44. The number of nitrogens with one attached hydrogen (secondary N) is 1. The second-order valence-electron chi connectivity index (χ2n) is 19.3. The van der Waals surface area contributed by atoms with E-state index in [-0.39, 0.29) is 18.5 Å². The number of esters is 1. The summed E-state index contributed by atoms with van der Waals surface area (Å²) in [5.41, 5.74) is 0. The number of unbranched alkanes of at least 4 members (excludes halogenated alkanes) is 28. The Kier molecular flexibility index (Phi) is 44.0. The van der Waals surface area contributed by atoms with Gasteiger partial charge in [-0.3, -0.25) is 9.59 Å². The van der Waals surface area contributed by atoms with Crippen molar-refractivity contribution < 1.29 is 49.3 Å². The van der Waals surface area contributed by atoms with Gasteiger partial charge in [0.2, 0.25) is 5.91 Å². The van der Waals surface area contributed by atoms with Gasteiger partial charge in [-0.1, -0.05) is 184 Å². The number of aliphatic hydroxyl groups is 5. The zero-order chi connectivity index (χ0) is 49.6. The predicted molar refractivity (Wildman–Crippen MR) is 278 cm³/mol. The summed E-state index contributed by atoms with van der Waals surface area (Å²) in [5.74, 6) is -0.257. The van der Waals surface area contributed by atoms with Gasteiger partial charge in [0.15, 0.2) is 6.29 Å². The molecule has 1 aliphatic rings. The fourth-order valence-corrected chi connectivity index (χ4v) is 8.42. The molecule has 0 spiro atoms. The van der Waals surface area contributed by atoms with Crippen LogP contribution in [0, 0.1) is 0 Å². The lowest BCUT2D eigenvalue weighted by Gasteiger charge is -2.40. The molecule has 1 saturated heterocycles. The number of allylic oxidation sites excluding steroid dienone is 7. The number of ether oxygens (including phenoxy) is 3. The molecule has 11 nitrogen and oxygen atoms in total. The van der Waals surface area contributed by atoms with E-state index in [2.05, 4.69) is 55.6 Å². The number of amides is 1. The van der Waals surface area contributed by atoms with Gasteiger partial charge in [0.25, 0.3) is 0 Å². The third-order valence-corrected chi connectivity index (χ3v) is 12.9. The quantitative estimate of drug-likeness (QED) is 0.0149. The molecular formula is C57H103NO10. The lowest BCUT2D eigenvalue weighted by atomic mass is 9.99. The van der Waals surface area contributed by atoms with E-state index in [0.29, 0.717) is 19.4 Å². The van der Waals surface area contributed by atoms with Gasteiger partial charge < -0.3 is 45.1 Å². The Morgan fingerprint density at radius 1 is 0.544 bits per heavy atom. The lowest BCUT2D eigenvalue weighted by Crippen LogP contribution is -2.60. The molecule has 0 aromatic carbocycles. The topological polar surface area (TPSA) is 175 Å². The molecule has 0 aromatic heterocycles. The summed E-state index contributed by atoms with van der Waals surface area (Å²) in [4.78, 5) is 25.0. The molecule has 1 heterocycles. The van der Waals surface area contributed by atoms with Crippen LogP contribution in [0.2, 0.25) is 0 Å². The first-order valence-corrected chi connectivity index (χ1v) is 27.9. The van der Waals surface area contributed by atoms with Crippen molar-refractivity contribution in [1.29, 1.82) is 0 Å². The summed E-state index contributed by atoms with van der Waals surface area (Å²) in [6.45, 7) is 4.23. The van der Waals surface area contributed by atoms with Crippen LogP contribution in [0.1, 0.15) is 239 Å². The molecule has 1 amide bonds. The molecule has 0 aliphatic carbocycles. The van der Waals surface area contributed by atoms with Crippen LogP contribution in [0.3, 0.4) is 0 Å². The van der Waals surface area contributed by atoms with Crippen LogP contribution in [0.15, 0.2) is 48.6 Å². The maximum Gasteiger partial charge on any atom is 0.305 e. The Hall–Kier alpha value is -2.38. The summed E-state index contributed by atoms with van der Waals surface area (Å²) in [6, 6.07) is -0.827. The van der Waals surface area contributed by atoms with Crippen molar-refractivity contribution in [3.8, 4) is 0 Å². The highest BCUT2D eigenvalue weighted by Crippen LogP contribution is 2.23.